The number of alkyl halides is 5. The number of hydrogen-bond acceptors (Lipinski definition) is 4. The second kappa shape index (κ2) is 10.3. The normalized spacial score (nSPS) is 12.1. The lowest BCUT2D eigenvalue weighted by atomic mass is 9.98. The van der Waals surface area contributed by atoms with Crippen LogP contribution >= 0.6 is 11.5 Å². The zero-order valence-corrected chi connectivity index (χ0v) is 20.1. The van der Waals surface area contributed by atoms with Crippen molar-refractivity contribution in [2.75, 3.05) is 0 Å². The number of ether oxygens (including phenoxy) is 1. The highest BCUT2D eigenvalue weighted by Gasteiger charge is 2.61. The fourth-order valence-corrected chi connectivity index (χ4v) is 4.51. The van der Waals surface area contributed by atoms with E-state index in [0.29, 0.717) is 23.3 Å². The van der Waals surface area contributed by atoms with E-state index in [1.807, 2.05) is 6.92 Å². The van der Waals surface area contributed by atoms with E-state index < -0.39 is 29.6 Å². The van der Waals surface area contributed by atoms with E-state index in [-0.39, 0.29) is 29.2 Å². The summed E-state index contributed by atoms with van der Waals surface area (Å²) >= 11 is 0.113. The Hall–Kier alpha value is -3.01. The molecule has 0 saturated heterocycles. The van der Waals surface area contributed by atoms with Crippen LogP contribution in [0.25, 0.3) is 11.3 Å². The molecule has 1 N–H and O–H groups in total. The van der Waals surface area contributed by atoms with Crippen molar-refractivity contribution in [3.63, 3.8) is 0 Å². The van der Waals surface area contributed by atoms with E-state index >= 15 is 0 Å². The van der Waals surface area contributed by atoms with Gasteiger partial charge in [0.15, 0.2) is 0 Å². The fraction of sp³-hybridized carbons (Fsp3) is 0.360. The predicted octanol–water partition coefficient (Wildman–Crippen LogP) is 7.24. The van der Waals surface area contributed by atoms with Crippen molar-refractivity contribution in [2.45, 2.75) is 58.7 Å². The molecule has 0 saturated carbocycles. The van der Waals surface area contributed by atoms with Crippen molar-refractivity contribution in [2.24, 2.45) is 0 Å². The number of aryl methyl sites for hydroxylation is 2. The molecule has 4 nitrogen and oxygen atoms in total. The number of carboxylic acid groups (broad SMARTS) is 1. The first-order valence-electron chi connectivity index (χ1n) is 10.8. The summed E-state index contributed by atoms with van der Waals surface area (Å²) in [6, 6.07) is 10.0. The molecule has 0 radical (unpaired) electrons. The highest BCUT2D eigenvalue weighted by molar-refractivity contribution is 7.06. The van der Waals surface area contributed by atoms with Gasteiger partial charge in [-0.15, -0.1) is 0 Å². The van der Waals surface area contributed by atoms with E-state index in [2.05, 4.69) is 4.37 Å². The van der Waals surface area contributed by atoms with Crippen molar-refractivity contribution >= 4 is 17.5 Å². The zero-order chi connectivity index (χ0) is 26.0. The van der Waals surface area contributed by atoms with Crippen LogP contribution in [0, 0.1) is 13.8 Å². The van der Waals surface area contributed by atoms with Crippen LogP contribution < -0.4 is 4.74 Å². The number of aliphatic carboxylic acids is 1. The average Bonchev–Trinajstić information content (AvgIpc) is 3.23. The molecule has 35 heavy (non-hydrogen) atoms. The minimum absolute atomic E-state index is 0.0176. The molecule has 1 heterocycles. The molecule has 1 aromatic heterocycles. The van der Waals surface area contributed by atoms with Crippen molar-refractivity contribution in [1.29, 1.82) is 0 Å². The molecule has 0 spiro atoms. The third kappa shape index (κ3) is 5.63. The van der Waals surface area contributed by atoms with Crippen LogP contribution in [0.5, 0.6) is 5.75 Å². The van der Waals surface area contributed by atoms with E-state index in [4.69, 9.17) is 9.84 Å². The maximum atomic E-state index is 14.4. The van der Waals surface area contributed by atoms with Crippen LogP contribution in [0.2, 0.25) is 0 Å². The molecule has 0 aliphatic heterocycles. The first-order chi connectivity index (χ1) is 16.4. The molecule has 3 aromatic rings. The molecule has 10 heteroatoms. The van der Waals surface area contributed by atoms with Gasteiger partial charge in [0, 0.05) is 17.5 Å². The SMILES string of the molecule is CCc1ccc(-c2nsc(C(F)(F)C(F)(F)F)c2COc2ccc(CCC(=O)O)c(C)c2C)cc1. The molecule has 0 amide bonds. The van der Waals surface area contributed by atoms with Crippen LogP contribution in [-0.2, 0) is 30.2 Å². The summed E-state index contributed by atoms with van der Waals surface area (Å²) in [6.45, 7) is 4.89. The second-order valence-electron chi connectivity index (χ2n) is 8.12. The Kier molecular flexibility index (Phi) is 7.83. The average molecular weight is 514 g/mol. The molecule has 3 rings (SSSR count). The molecule has 0 bridgehead atoms. The standard InChI is InChI=1S/C25H24F5NO3S/c1-4-16-5-7-18(8-6-16)22-19(23(35-31-22)24(26,27)25(28,29)30)13-34-20-11-9-17(10-12-21(32)33)14(2)15(20)3/h5-9,11H,4,10,12-13H2,1-3H3,(H,32,33). The second-order valence-corrected chi connectivity index (χ2v) is 8.89. The summed E-state index contributed by atoms with van der Waals surface area (Å²) in [5, 5.41) is 8.91. The van der Waals surface area contributed by atoms with Crippen molar-refractivity contribution in [3.8, 4) is 17.0 Å². The van der Waals surface area contributed by atoms with Gasteiger partial charge in [0.25, 0.3) is 0 Å². The highest BCUT2D eigenvalue weighted by atomic mass is 32.1. The van der Waals surface area contributed by atoms with Crippen molar-refractivity contribution < 1.29 is 36.6 Å². The zero-order valence-electron chi connectivity index (χ0n) is 19.3. The Morgan fingerprint density at radius 3 is 2.26 bits per heavy atom. The van der Waals surface area contributed by atoms with Gasteiger partial charge in [-0.3, -0.25) is 4.79 Å². The number of halogens is 5. The van der Waals surface area contributed by atoms with Gasteiger partial charge >= 0.3 is 18.1 Å². The van der Waals surface area contributed by atoms with Gasteiger partial charge < -0.3 is 9.84 Å². The van der Waals surface area contributed by atoms with Crippen LogP contribution in [0.4, 0.5) is 22.0 Å². The third-order valence-corrected chi connectivity index (χ3v) is 6.85. The van der Waals surface area contributed by atoms with Crippen LogP contribution in [0.3, 0.4) is 0 Å². The maximum absolute atomic E-state index is 14.4. The number of carbonyl (C=O) groups is 1. The summed E-state index contributed by atoms with van der Waals surface area (Å²) in [6.07, 6.45) is -4.80. The molecule has 0 fully saturated rings. The van der Waals surface area contributed by atoms with Gasteiger partial charge in [0.2, 0.25) is 0 Å². The van der Waals surface area contributed by atoms with E-state index in [1.54, 1.807) is 50.2 Å². The van der Waals surface area contributed by atoms with Gasteiger partial charge in [0.1, 0.15) is 17.2 Å². The Labute approximate surface area is 203 Å². The maximum Gasteiger partial charge on any atom is 0.459 e. The Morgan fingerprint density at radius 1 is 1.03 bits per heavy atom. The number of hydrogen-bond donors (Lipinski definition) is 1. The lowest BCUT2D eigenvalue weighted by Gasteiger charge is -2.20. The van der Waals surface area contributed by atoms with E-state index in [1.165, 1.54) is 0 Å². The monoisotopic (exact) mass is 513 g/mol. The lowest BCUT2D eigenvalue weighted by molar-refractivity contribution is -0.288. The summed E-state index contributed by atoms with van der Waals surface area (Å²) in [5.41, 5.74) is 3.29. The molecule has 0 aliphatic carbocycles. The smallest absolute Gasteiger partial charge is 0.459 e. The van der Waals surface area contributed by atoms with Gasteiger partial charge in [-0.1, -0.05) is 37.3 Å². The molecule has 188 valence electrons. The minimum Gasteiger partial charge on any atom is -0.488 e. The summed E-state index contributed by atoms with van der Waals surface area (Å²) < 4.78 is 78.1. The fourth-order valence-electron chi connectivity index (χ4n) is 3.61. The first kappa shape index (κ1) is 26.6. The van der Waals surface area contributed by atoms with E-state index in [9.17, 15) is 26.7 Å². The van der Waals surface area contributed by atoms with Crippen molar-refractivity contribution in [1.82, 2.24) is 4.37 Å². The summed E-state index contributed by atoms with van der Waals surface area (Å²) in [7, 11) is 0. The minimum atomic E-state index is -5.78. The van der Waals surface area contributed by atoms with Gasteiger partial charge in [-0.05, 0) is 66.5 Å². The van der Waals surface area contributed by atoms with Gasteiger partial charge in [0.05, 0.1) is 5.69 Å². The largest absolute Gasteiger partial charge is 0.488 e. The van der Waals surface area contributed by atoms with Crippen LogP contribution in [0.15, 0.2) is 36.4 Å². The highest BCUT2D eigenvalue weighted by Crippen LogP contribution is 2.48. The molecule has 0 atom stereocenters. The van der Waals surface area contributed by atoms with Gasteiger partial charge in [-0.2, -0.15) is 26.3 Å². The Balaban J connectivity index is 1.99. The van der Waals surface area contributed by atoms with Crippen molar-refractivity contribution in [3.05, 3.63) is 69.1 Å². The molecule has 0 unspecified atom stereocenters. The third-order valence-electron chi connectivity index (χ3n) is 5.89. The quantitative estimate of drug-likeness (QED) is 0.307. The van der Waals surface area contributed by atoms with Gasteiger partial charge in [-0.25, -0.2) is 0 Å². The topological polar surface area (TPSA) is 59.4 Å². The molecule has 2 aromatic carbocycles. The number of rotatable bonds is 9. The molecular weight excluding hydrogens is 489 g/mol. The summed E-state index contributed by atoms with van der Waals surface area (Å²) in [4.78, 5) is 9.66. The number of carboxylic acids is 1. The predicted molar refractivity (Wildman–Crippen MR) is 123 cm³/mol. The molecular formula is C25H24F5NO3S. The van der Waals surface area contributed by atoms with Crippen LogP contribution in [-0.4, -0.2) is 21.6 Å². The van der Waals surface area contributed by atoms with Crippen LogP contribution in [0.1, 0.15) is 46.0 Å². The number of nitrogens with zero attached hydrogens (tertiary/aromatic N) is 1. The first-order valence-corrected chi connectivity index (χ1v) is 11.6. The summed E-state index contributed by atoms with van der Waals surface area (Å²) in [5.74, 6) is -5.72. The Morgan fingerprint density at radius 2 is 1.69 bits per heavy atom. The molecule has 0 aliphatic rings. The Bertz CT molecular complexity index is 1200. The lowest BCUT2D eigenvalue weighted by Crippen LogP contribution is -2.33. The van der Waals surface area contributed by atoms with E-state index in [0.717, 1.165) is 23.1 Å². The number of aromatic nitrogens is 1. The number of benzene rings is 2.